The Labute approximate surface area is 235 Å². The standard InChI is InChI=1S/C31H26N8O2/c1-19-27(26-15-16-32-18-38(26)36-19)30(40)34-20(2)29-35-25-12-8-9-22(13-14-23-17-33-37(4)21(23)3)28(25)31(41)39(29)24-10-6-5-7-11-24/h5-12,15-18,20H,1-4H3,(H,34,40)/t20-/m0/s1. The number of amides is 1. The summed E-state index contributed by atoms with van der Waals surface area (Å²) in [6.45, 7) is 5.52. The molecule has 4 heterocycles. The highest BCUT2D eigenvalue weighted by Gasteiger charge is 2.24. The molecule has 0 radical (unpaired) electrons. The number of aromatic nitrogens is 7. The molecule has 2 aromatic carbocycles. The van der Waals surface area contributed by atoms with Gasteiger partial charge in [0.15, 0.2) is 0 Å². The van der Waals surface area contributed by atoms with E-state index in [0.717, 1.165) is 11.3 Å². The number of rotatable bonds is 4. The van der Waals surface area contributed by atoms with Crippen LogP contribution in [0.3, 0.4) is 0 Å². The summed E-state index contributed by atoms with van der Waals surface area (Å²) in [4.78, 5) is 36.7. The number of hydrogen-bond acceptors (Lipinski definition) is 6. The van der Waals surface area contributed by atoms with E-state index in [4.69, 9.17) is 4.98 Å². The highest BCUT2D eigenvalue weighted by molar-refractivity contribution is 6.02. The predicted molar refractivity (Wildman–Crippen MR) is 155 cm³/mol. The van der Waals surface area contributed by atoms with E-state index in [0.29, 0.717) is 44.8 Å². The van der Waals surface area contributed by atoms with E-state index >= 15 is 0 Å². The maximum atomic E-state index is 14.2. The normalized spacial score (nSPS) is 11.8. The Hall–Kier alpha value is -5.56. The molecular weight excluding hydrogens is 516 g/mol. The van der Waals surface area contributed by atoms with Gasteiger partial charge in [-0.3, -0.25) is 18.8 Å². The lowest BCUT2D eigenvalue weighted by molar-refractivity contribution is 0.0939. The SMILES string of the molecule is Cc1nn2cnccc2c1C(=O)N[C@@H](C)c1nc2cccc(C#Cc3cnn(C)c3C)c2c(=O)n1-c1ccccc1. The second-order valence-corrected chi connectivity index (χ2v) is 9.73. The number of fused-ring (bicyclic) bond motifs is 2. The predicted octanol–water partition coefficient (Wildman–Crippen LogP) is 3.67. The van der Waals surface area contributed by atoms with Crippen LogP contribution in [0.5, 0.6) is 0 Å². The summed E-state index contributed by atoms with van der Waals surface area (Å²) < 4.78 is 4.86. The second-order valence-electron chi connectivity index (χ2n) is 9.73. The number of nitrogens with zero attached hydrogens (tertiary/aromatic N) is 7. The fraction of sp³-hybridized carbons (Fsp3) is 0.161. The lowest BCUT2D eigenvalue weighted by atomic mass is 10.1. The van der Waals surface area contributed by atoms with Crippen LogP contribution in [0.15, 0.2) is 78.1 Å². The Bertz CT molecular complexity index is 2080. The first kappa shape index (κ1) is 25.7. The van der Waals surface area contributed by atoms with Crippen LogP contribution in [0.2, 0.25) is 0 Å². The molecule has 1 atom stereocenters. The summed E-state index contributed by atoms with van der Waals surface area (Å²) in [7, 11) is 1.86. The van der Waals surface area contributed by atoms with Crippen molar-refractivity contribution in [3.8, 4) is 17.5 Å². The molecule has 0 saturated heterocycles. The molecule has 0 aliphatic carbocycles. The van der Waals surface area contributed by atoms with Gasteiger partial charge in [-0.2, -0.15) is 10.2 Å². The molecular formula is C31H26N8O2. The van der Waals surface area contributed by atoms with Crippen molar-refractivity contribution in [2.45, 2.75) is 26.8 Å². The molecule has 0 spiro atoms. The molecule has 0 aliphatic rings. The van der Waals surface area contributed by atoms with E-state index in [2.05, 4.69) is 32.3 Å². The molecule has 1 N–H and O–H groups in total. The van der Waals surface area contributed by atoms with Gasteiger partial charge in [0.1, 0.15) is 12.2 Å². The summed E-state index contributed by atoms with van der Waals surface area (Å²) in [6, 6.07) is 15.8. The lowest BCUT2D eigenvalue weighted by Crippen LogP contribution is -2.33. The topological polar surface area (TPSA) is 112 Å². The number of aryl methyl sites for hydroxylation is 2. The summed E-state index contributed by atoms with van der Waals surface area (Å²) in [5.74, 6) is 6.38. The molecule has 1 amide bonds. The molecule has 6 rings (SSSR count). The van der Waals surface area contributed by atoms with Crippen molar-refractivity contribution >= 4 is 22.3 Å². The van der Waals surface area contributed by atoms with Crippen LogP contribution < -0.4 is 10.9 Å². The molecule has 0 bridgehead atoms. The molecule has 0 aliphatic heterocycles. The van der Waals surface area contributed by atoms with Gasteiger partial charge in [-0.1, -0.05) is 36.1 Å². The van der Waals surface area contributed by atoms with E-state index < -0.39 is 6.04 Å². The van der Waals surface area contributed by atoms with Gasteiger partial charge in [0.05, 0.1) is 56.9 Å². The van der Waals surface area contributed by atoms with Crippen LogP contribution in [0, 0.1) is 25.7 Å². The molecule has 10 heteroatoms. The molecule has 10 nitrogen and oxygen atoms in total. The van der Waals surface area contributed by atoms with Crippen LogP contribution in [-0.2, 0) is 7.05 Å². The Balaban J connectivity index is 1.48. The van der Waals surface area contributed by atoms with E-state index in [1.54, 1.807) is 51.5 Å². The van der Waals surface area contributed by atoms with Crippen molar-refractivity contribution in [2.24, 2.45) is 7.05 Å². The Morgan fingerprint density at radius 1 is 1.00 bits per heavy atom. The lowest BCUT2D eigenvalue weighted by Gasteiger charge is -2.20. The fourth-order valence-corrected chi connectivity index (χ4v) is 4.87. The third kappa shape index (κ3) is 4.53. The zero-order chi connectivity index (χ0) is 28.7. The number of para-hydroxylation sites is 1. The van der Waals surface area contributed by atoms with Gasteiger partial charge >= 0.3 is 0 Å². The highest BCUT2D eigenvalue weighted by atomic mass is 16.2. The largest absolute Gasteiger partial charge is 0.342 e. The molecule has 0 unspecified atom stereocenters. The Morgan fingerprint density at radius 2 is 1.78 bits per heavy atom. The third-order valence-electron chi connectivity index (χ3n) is 7.08. The molecule has 0 fully saturated rings. The van der Waals surface area contributed by atoms with Gasteiger partial charge in [0.25, 0.3) is 11.5 Å². The number of hydrogen-bond donors (Lipinski definition) is 1. The van der Waals surface area contributed by atoms with E-state index in [-0.39, 0.29) is 11.5 Å². The first-order valence-corrected chi connectivity index (χ1v) is 13.0. The van der Waals surface area contributed by atoms with Crippen molar-refractivity contribution in [3.63, 3.8) is 0 Å². The van der Waals surface area contributed by atoms with Crippen molar-refractivity contribution in [2.75, 3.05) is 0 Å². The number of carbonyl (C=O) groups is 1. The smallest absolute Gasteiger partial charge is 0.267 e. The van der Waals surface area contributed by atoms with Crippen molar-refractivity contribution in [1.82, 2.24) is 39.2 Å². The second kappa shape index (κ2) is 10.2. The van der Waals surface area contributed by atoms with Crippen molar-refractivity contribution in [3.05, 3.63) is 118 Å². The van der Waals surface area contributed by atoms with Crippen LogP contribution in [0.1, 0.15) is 51.7 Å². The van der Waals surface area contributed by atoms with E-state index in [1.807, 2.05) is 63.4 Å². The van der Waals surface area contributed by atoms with Crippen molar-refractivity contribution < 1.29 is 4.79 Å². The maximum absolute atomic E-state index is 14.2. The summed E-state index contributed by atoms with van der Waals surface area (Å²) in [6.07, 6.45) is 4.87. The minimum atomic E-state index is -0.622. The average Bonchev–Trinajstić information content (AvgIpc) is 3.49. The molecule has 41 heavy (non-hydrogen) atoms. The summed E-state index contributed by atoms with van der Waals surface area (Å²) >= 11 is 0. The van der Waals surface area contributed by atoms with Crippen LogP contribution >= 0.6 is 0 Å². The number of benzene rings is 2. The Kier molecular flexibility index (Phi) is 6.40. The monoisotopic (exact) mass is 542 g/mol. The summed E-state index contributed by atoms with van der Waals surface area (Å²) in [5, 5.41) is 12.1. The van der Waals surface area contributed by atoms with Gasteiger partial charge in [-0.15, -0.1) is 0 Å². The minimum Gasteiger partial charge on any atom is -0.342 e. The fourth-order valence-electron chi connectivity index (χ4n) is 4.87. The zero-order valence-electron chi connectivity index (χ0n) is 23.0. The first-order chi connectivity index (χ1) is 19.8. The van der Waals surface area contributed by atoms with E-state index in [9.17, 15) is 9.59 Å². The van der Waals surface area contributed by atoms with Crippen LogP contribution in [0.25, 0.3) is 22.1 Å². The zero-order valence-corrected chi connectivity index (χ0v) is 23.0. The molecule has 0 saturated carbocycles. The molecule has 4 aromatic heterocycles. The van der Waals surface area contributed by atoms with E-state index in [1.165, 1.54) is 0 Å². The Morgan fingerprint density at radius 3 is 2.54 bits per heavy atom. The van der Waals surface area contributed by atoms with Gasteiger partial charge in [0.2, 0.25) is 0 Å². The van der Waals surface area contributed by atoms with Gasteiger partial charge < -0.3 is 5.32 Å². The first-order valence-electron chi connectivity index (χ1n) is 13.0. The highest BCUT2D eigenvalue weighted by Crippen LogP contribution is 2.22. The van der Waals surface area contributed by atoms with Gasteiger partial charge in [-0.05, 0) is 51.1 Å². The number of nitrogens with one attached hydrogen (secondary N) is 1. The molecule has 6 aromatic rings. The van der Waals surface area contributed by atoms with Gasteiger partial charge in [0, 0.05) is 18.8 Å². The van der Waals surface area contributed by atoms with Crippen LogP contribution in [0.4, 0.5) is 0 Å². The summed E-state index contributed by atoms with van der Waals surface area (Å²) in [5.41, 5.74) is 4.78. The quantitative estimate of drug-likeness (QED) is 0.340. The third-order valence-corrected chi connectivity index (χ3v) is 7.08. The minimum absolute atomic E-state index is 0.275. The maximum Gasteiger partial charge on any atom is 0.267 e. The van der Waals surface area contributed by atoms with Crippen LogP contribution in [-0.4, -0.2) is 39.8 Å². The van der Waals surface area contributed by atoms with Gasteiger partial charge in [-0.25, -0.2) is 14.5 Å². The number of carbonyl (C=O) groups excluding carboxylic acids is 1. The molecule has 202 valence electrons. The van der Waals surface area contributed by atoms with Crippen molar-refractivity contribution in [1.29, 1.82) is 0 Å². The average molecular weight is 543 g/mol.